The maximum atomic E-state index is 14.6. The van der Waals surface area contributed by atoms with E-state index in [0.29, 0.717) is 51.4 Å². The highest BCUT2D eigenvalue weighted by molar-refractivity contribution is 6.00. The van der Waals surface area contributed by atoms with Crippen LogP contribution in [0.3, 0.4) is 0 Å². The molecule has 5 saturated heterocycles. The monoisotopic (exact) mass is 1010 g/mol. The zero-order valence-electron chi connectivity index (χ0n) is 45.2. The van der Waals surface area contributed by atoms with Crippen molar-refractivity contribution in [3.8, 4) is 0 Å². The second-order valence-electron chi connectivity index (χ2n) is 22.8. The molecule has 5 fully saturated rings. The lowest BCUT2D eigenvalue weighted by atomic mass is 10.00. The van der Waals surface area contributed by atoms with Gasteiger partial charge in [0, 0.05) is 40.3 Å². The fourth-order valence-corrected chi connectivity index (χ4v) is 11.1. The molecule has 20 nitrogen and oxygen atoms in total. The van der Waals surface area contributed by atoms with Crippen LogP contribution in [0.1, 0.15) is 146 Å². The molecule has 4 N–H and O–H groups in total. The third-order valence-corrected chi connectivity index (χ3v) is 15.2. The standard InChI is InChI=1S/C52H86N10O10/c1-29(2)25-35-47(67)57(11)33(9)43(63)53-37(27-31(5)6)49(69)62-24-16-20-42(62)52(72)60-22-14-18-40(60)46(66)56-36(26-30(3)4)48(68)58(12)34(10)44(64)54-38(28-32(7)8)50(70)61-23-15-19-41(61)51(71)59-21-13-17-39(59)45(65)55-35/h29-42H,13-28H2,1-12H3,(H,53,63)(H,54,64)(H,55,65)(H,56,66)/t33-,34-,35-,36-,37-,38-,39-,40-,41+,42+/m0/s1. The highest BCUT2D eigenvalue weighted by atomic mass is 16.2. The summed E-state index contributed by atoms with van der Waals surface area (Å²) >= 11 is 0. The summed E-state index contributed by atoms with van der Waals surface area (Å²) in [6, 6.07) is -9.99. The van der Waals surface area contributed by atoms with Crippen LogP contribution in [-0.2, 0) is 47.9 Å². The Labute approximate surface area is 427 Å². The largest absolute Gasteiger partial charge is 0.343 e. The number of rotatable bonds is 8. The second kappa shape index (κ2) is 25.1. The van der Waals surface area contributed by atoms with E-state index in [2.05, 4.69) is 21.3 Å². The quantitative estimate of drug-likeness (QED) is 0.275. The maximum Gasteiger partial charge on any atom is 0.246 e. The topological polar surface area (TPSA) is 238 Å². The van der Waals surface area contributed by atoms with Gasteiger partial charge in [-0.25, -0.2) is 0 Å². The molecule has 20 heteroatoms. The first-order chi connectivity index (χ1) is 33.8. The molecule has 5 aliphatic heterocycles. The van der Waals surface area contributed by atoms with Crippen LogP contribution in [0, 0.1) is 23.7 Å². The Balaban J connectivity index is 1.51. The van der Waals surface area contributed by atoms with Crippen LogP contribution in [0.2, 0.25) is 0 Å². The van der Waals surface area contributed by atoms with E-state index in [0.717, 1.165) is 0 Å². The van der Waals surface area contributed by atoms with Gasteiger partial charge >= 0.3 is 0 Å². The zero-order chi connectivity index (χ0) is 53.5. The molecule has 0 spiro atoms. The molecule has 0 aromatic carbocycles. The van der Waals surface area contributed by atoms with Crippen molar-refractivity contribution in [1.29, 1.82) is 0 Å². The molecule has 10 amide bonds. The van der Waals surface area contributed by atoms with Crippen molar-refractivity contribution < 1.29 is 47.9 Å². The number of carbonyl (C=O) groups excluding carboxylic acids is 10. The minimum atomic E-state index is -1.08. The van der Waals surface area contributed by atoms with E-state index in [1.807, 2.05) is 55.4 Å². The van der Waals surface area contributed by atoms with Crippen LogP contribution < -0.4 is 21.3 Å². The first kappa shape index (κ1) is 57.6. The predicted octanol–water partition coefficient (Wildman–Crippen LogP) is 1.78. The summed E-state index contributed by atoms with van der Waals surface area (Å²) in [5, 5.41) is 11.6. The lowest BCUT2D eigenvalue weighted by Gasteiger charge is -2.36. The minimum absolute atomic E-state index is 0.0511. The molecule has 0 radical (unpaired) electrons. The normalized spacial score (nSPS) is 30.8. The summed E-state index contributed by atoms with van der Waals surface area (Å²) in [7, 11) is 2.94. The SMILES string of the molecule is CC(C)C[C@@H]1NC(=O)[C@@H]2CCCN2C(=O)[C@H]2CCCN2C(=O)[C@H](CC(C)C)NC(=O)[C@H](C)N(C)C(=O)[C@H](CC(C)C)NC(=O)[C@@H]2CCCN2C(=O)[C@H]2CCCN2C(=O)[C@H](CC(C)C)NC(=O)[C@H](C)N(C)C1=O. The molecule has 72 heavy (non-hydrogen) atoms. The number of amides is 10. The van der Waals surface area contributed by atoms with E-state index >= 15 is 0 Å². The summed E-state index contributed by atoms with van der Waals surface area (Å²) < 4.78 is 0. The van der Waals surface area contributed by atoms with E-state index in [1.54, 1.807) is 13.8 Å². The molecule has 0 unspecified atom stereocenters. The fraction of sp³-hybridized carbons (Fsp3) is 0.808. The van der Waals surface area contributed by atoms with Gasteiger partial charge in [-0.05, 0) is 115 Å². The van der Waals surface area contributed by atoms with Gasteiger partial charge in [-0.1, -0.05) is 55.4 Å². The van der Waals surface area contributed by atoms with Crippen LogP contribution in [0.15, 0.2) is 0 Å². The highest BCUT2D eigenvalue weighted by Gasteiger charge is 2.47. The van der Waals surface area contributed by atoms with Gasteiger partial charge in [0.05, 0.1) is 0 Å². The fourth-order valence-electron chi connectivity index (χ4n) is 11.1. The van der Waals surface area contributed by atoms with E-state index in [9.17, 15) is 47.9 Å². The van der Waals surface area contributed by atoms with Gasteiger partial charge in [-0.15, -0.1) is 0 Å². The van der Waals surface area contributed by atoms with Gasteiger partial charge in [0.15, 0.2) is 0 Å². The second-order valence-corrected chi connectivity index (χ2v) is 22.8. The summed E-state index contributed by atoms with van der Waals surface area (Å²) in [5.74, 6) is -5.18. The Kier molecular flexibility index (Phi) is 20.1. The van der Waals surface area contributed by atoms with E-state index in [4.69, 9.17) is 0 Å². The number of nitrogens with one attached hydrogen (secondary N) is 4. The Hall–Kier alpha value is -5.30. The van der Waals surface area contributed by atoms with Crippen LogP contribution in [0.25, 0.3) is 0 Å². The van der Waals surface area contributed by atoms with Crippen LogP contribution in [-0.4, -0.2) is 189 Å². The number of carbonyl (C=O) groups is 10. The molecule has 0 aliphatic carbocycles. The molecule has 404 valence electrons. The van der Waals surface area contributed by atoms with E-state index in [1.165, 1.54) is 43.5 Å². The summed E-state index contributed by atoms with van der Waals surface area (Å²) in [5.41, 5.74) is 0. The van der Waals surface area contributed by atoms with Crippen LogP contribution in [0.5, 0.6) is 0 Å². The van der Waals surface area contributed by atoms with Gasteiger partial charge in [0.1, 0.15) is 60.4 Å². The van der Waals surface area contributed by atoms with Gasteiger partial charge in [0.25, 0.3) is 0 Å². The van der Waals surface area contributed by atoms with Crippen molar-refractivity contribution in [2.24, 2.45) is 23.7 Å². The van der Waals surface area contributed by atoms with Crippen molar-refractivity contribution in [3.63, 3.8) is 0 Å². The summed E-state index contributed by atoms with van der Waals surface area (Å²) in [6.07, 6.45) is 4.40. The molecular weight excluding hydrogens is 925 g/mol. The van der Waals surface area contributed by atoms with Crippen molar-refractivity contribution in [2.75, 3.05) is 40.3 Å². The maximum absolute atomic E-state index is 14.6. The predicted molar refractivity (Wildman–Crippen MR) is 269 cm³/mol. The summed E-state index contributed by atoms with van der Waals surface area (Å²) in [6.45, 7) is 19.4. The lowest BCUT2D eigenvalue weighted by molar-refractivity contribution is -0.150. The Bertz CT molecular complexity index is 1890. The highest BCUT2D eigenvalue weighted by Crippen LogP contribution is 2.29. The average Bonchev–Trinajstić information content (AvgIpc) is 4.17. The van der Waals surface area contributed by atoms with Gasteiger partial charge in [-0.2, -0.15) is 0 Å². The smallest absolute Gasteiger partial charge is 0.246 e. The van der Waals surface area contributed by atoms with Gasteiger partial charge in [-0.3, -0.25) is 47.9 Å². The molecule has 5 heterocycles. The Morgan fingerprint density at radius 1 is 0.361 bits per heavy atom. The third-order valence-electron chi connectivity index (χ3n) is 15.2. The summed E-state index contributed by atoms with van der Waals surface area (Å²) in [4.78, 5) is 152. The van der Waals surface area contributed by atoms with E-state index < -0.39 is 119 Å². The van der Waals surface area contributed by atoms with Crippen LogP contribution in [0.4, 0.5) is 0 Å². The first-order valence-corrected chi connectivity index (χ1v) is 26.8. The first-order valence-electron chi connectivity index (χ1n) is 26.8. The molecule has 0 aromatic heterocycles. The molecule has 5 rings (SSSR count). The number of hydrogen-bond acceptors (Lipinski definition) is 10. The molecule has 0 saturated carbocycles. The molecule has 5 aliphatic rings. The molecule has 0 aromatic rings. The van der Waals surface area contributed by atoms with Crippen LogP contribution >= 0.6 is 0 Å². The van der Waals surface area contributed by atoms with Crippen molar-refractivity contribution in [1.82, 2.24) is 50.7 Å². The molecule has 10 atom stereocenters. The minimum Gasteiger partial charge on any atom is -0.343 e. The zero-order valence-corrected chi connectivity index (χ0v) is 45.2. The van der Waals surface area contributed by atoms with Crippen molar-refractivity contribution >= 4 is 59.1 Å². The molecule has 0 bridgehead atoms. The molecular formula is C52H86N10O10. The number of likely N-dealkylation sites (N-methyl/N-ethyl adjacent to an activating group) is 2. The average molecular weight is 1010 g/mol. The lowest BCUT2D eigenvalue weighted by Crippen LogP contribution is -2.61. The third kappa shape index (κ3) is 13.6. The van der Waals surface area contributed by atoms with Gasteiger partial charge < -0.3 is 50.7 Å². The van der Waals surface area contributed by atoms with Crippen molar-refractivity contribution in [3.05, 3.63) is 0 Å². The van der Waals surface area contributed by atoms with Gasteiger partial charge in [0.2, 0.25) is 59.1 Å². The number of nitrogens with zero attached hydrogens (tertiary/aromatic N) is 6. The Morgan fingerprint density at radius 2 is 0.597 bits per heavy atom. The Morgan fingerprint density at radius 3 is 0.875 bits per heavy atom. The van der Waals surface area contributed by atoms with Crippen molar-refractivity contribution in [2.45, 2.75) is 207 Å². The van der Waals surface area contributed by atoms with E-state index in [-0.39, 0.29) is 75.5 Å². The number of hydrogen-bond donors (Lipinski definition) is 4. The number of fused-ring (bicyclic) bond motifs is 4.